The van der Waals surface area contributed by atoms with Gasteiger partial charge in [-0.2, -0.15) is 0 Å². The molecule has 1 saturated carbocycles. The molecule has 0 aliphatic heterocycles. The van der Waals surface area contributed by atoms with Gasteiger partial charge in [0.2, 0.25) is 0 Å². The van der Waals surface area contributed by atoms with E-state index in [1.54, 1.807) is 0 Å². The van der Waals surface area contributed by atoms with Gasteiger partial charge < -0.3 is 9.88 Å². The Morgan fingerprint density at radius 3 is 2.53 bits per heavy atom. The van der Waals surface area contributed by atoms with Crippen LogP contribution < -0.4 is 10.9 Å². The fraction of sp³-hybridized carbons (Fsp3) is 0.688. The zero-order chi connectivity index (χ0) is 14.0. The molecule has 1 aliphatic carbocycles. The van der Waals surface area contributed by atoms with Gasteiger partial charge in [0.05, 0.1) is 0 Å². The SMILES string of the molecule is Cc1cc(C)n(C2CCCC2)c(=O)c1CNC(C)C. The first-order chi connectivity index (χ1) is 9.00. The first kappa shape index (κ1) is 14.3. The normalized spacial score (nSPS) is 16.5. The molecule has 1 fully saturated rings. The smallest absolute Gasteiger partial charge is 0.255 e. The van der Waals surface area contributed by atoms with Crippen LogP contribution in [0.5, 0.6) is 0 Å². The lowest BCUT2D eigenvalue weighted by molar-refractivity contribution is 0.482. The number of hydrogen-bond acceptors (Lipinski definition) is 2. The van der Waals surface area contributed by atoms with E-state index in [9.17, 15) is 4.79 Å². The van der Waals surface area contributed by atoms with Crippen molar-refractivity contribution in [1.82, 2.24) is 9.88 Å². The molecule has 19 heavy (non-hydrogen) atoms. The minimum absolute atomic E-state index is 0.220. The van der Waals surface area contributed by atoms with Crippen molar-refractivity contribution in [3.63, 3.8) is 0 Å². The minimum Gasteiger partial charge on any atom is -0.310 e. The molecule has 1 heterocycles. The van der Waals surface area contributed by atoms with Crippen molar-refractivity contribution in [3.05, 3.63) is 33.2 Å². The highest BCUT2D eigenvalue weighted by Crippen LogP contribution is 2.29. The van der Waals surface area contributed by atoms with Gasteiger partial charge in [0.1, 0.15) is 0 Å². The third kappa shape index (κ3) is 3.08. The Kier molecular flexibility index (Phi) is 4.46. The Morgan fingerprint density at radius 2 is 1.95 bits per heavy atom. The van der Waals surface area contributed by atoms with E-state index in [-0.39, 0.29) is 5.56 Å². The van der Waals surface area contributed by atoms with Gasteiger partial charge in [-0.05, 0) is 38.3 Å². The van der Waals surface area contributed by atoms with E-state index in [0.717, 1.165) is 29.7 Å². The van der Waals surface area contributed by atoms with Crippen LogP contribution in [-0.2, 0) is 6.54 Å². The molecule has 0 radical (unpaired) electrons. The van der Waals surface area contributed by atoms with Gasteiger partial charge in [-0.1, -0.05) is 26.7 Å². The average Bonchev–Trinajstić information content (AvgIpc) is 2.81. The number of rotatable bonds is 4. The van der Waals surface area contributed by atoms with Gasteiger partial charge in [-0.15, -0.1) is 0 Å². The van der Waals surface area contributed by atoms with E-state index < -0.39 is 0 Å². The van der Waals surface area contributed by atoms with Gasteiger partial charge >= 0.3 is 0 Å². The Balaban J connectivity index is 2.38. The van der Waals surface area contributed by atoms with Crippen molar-refractivity contribution < 1.29 is 0 Å². The molecule has 0 bridgehead atoms. The van der Waals surface area contributed by atoms with Gasteiger partial charge in [0.25, 0.3) is 5.56 Å². The molecule has 3 heteroatoms. The number of pyridine rings is 1. The largest absolute Gasteiger partial charge is 0.310 e. The summed E-state index contributed by atoms with van der Waals surface area (Å²) in [5, 5.41) is 3.37. The van der Waals surface area contributed by atoms with Gasteiger partial charge in [-0.3, -0.25) is 4.79 Å². The zero-order valence-corrected chi connectivity index (χ0v) is 12.6. The van der Waals surface area contributed by atoms with E-state index >= 15 is 0 Å². The second kappa shape index (κ2) is 5.91. The van der Waals surface area contributed by atoms with Crippen molar-refractivity contribution >= 4 is 0 Å². The maximum atomic E-state index is 12.7. The predicted octanol–water partition coefficient (Wildman–Crippen LogP) is 3.08. The lowest BCUT2D eigenvalue weighted by atomic mass is 10.1. The molecule has 0 amide bonds. The van der Waals surface area contributed by atoms with Crippen LogP contribution in [0.2, 0.25) is 0 Å². The molecule has 2 rings (SSSR count). The summed E-state index contributed by atoms with van der Waals surface area (Å²) in [5.41, 5.74) is 3.39. The van der Waals surface area contributed by atoms with Crippen LogP contribution in [0, 0.1) is 13.8 Å². The van der Waals surface area contributed by atoms with Crippen molar-refractivity contribution in [2.45, 2.75) is 72.0 Å². The Labute approximate surface area is 116 Å². The molecule has 1 aromatic rings. The van der Waals surface area contributed by atoms with Gasteiger partial charge in [0, 0.05) is 29.9 Å². The Bertz CT molecular complexity index is 496. The average molecular weight is 262 g/mol. The van der Waals surface area contributed by atoms with Crippen LogP contribution in [0.4, 0.5) is 0 Å². The summed E-state index contributed by atoms with van der Waals surface area (Å²) in [6, 6.07) is 2.99. The third-order valence-corrected chi connectivity index (χ3v) is 4.14. The highest BCUT2D eigenvalue weighted by atomic mass is 16.1. The van der Waals surface area contributed by atoms with Crippen LogP contribution >= 0.6 is 0 Å². The molecule has 106 valence electrons. The maximum absolute atomic E-state index is 12.7. The molecule has 0 spiro atoms. The summed E-state index contributed by atoms with van der Waals surface area (Å²) in [5.74, 6) is 0. The van der Waals surface area contributed by atoms with Crippen molar-refractivity contribution in [2.24, 2.45) is 0 Å². The van der Waals surface area contributed by atoms with Crippen LogP contribution in [0.25, 0.3) is 0 Å². The predicted molar refractivity (Wildman–Crippen MR) is 79.7 cm³/mol. The van der Waals surface area contributed by atoms with Crippen molar-refractivity contribution in [3.8, 4) is 0 Å². The zero-order valence-electron chi connectivity index (χ0n) is 12.6. The molecule has 0 atom stereocenters. The van der Waals surface area contributed by atoms with Gasteiger partial charge in [-0.25, -0.2) is 0 Å². The van der Waals surface area contributed by atoms with Crippen LogP contribution in [0.3, 0.4) is 0 Å². The quantitative estimate of drug-likeness (QED) is 0.905. The molecule has 0 unspecified atom stereocenters. The molecular weight excluding hydrogens is 236 g/mol. The summed E-state index contributed by atoms with van der Waals surface area (Å²) in [6.07, 6.45) is 4.82. The molecule has 0 aromatic carbocycles. The topological polar surface area (TPSA) is 34.0 Å². The van der Waals surface area contributed by atoms with E-state index in [4.69, 9.17) is 0 Å². The summed E-state index contributed by atoms with van der Waals surface area (Å²) >= 11 is 0. The fourth-order valence-corrected chi connectivity index (χ4v) is 3.08. The monoisotopic (exact) mass is 262 g/mol. The van der Waals surface area contributed by atoms with Crippen LogP contribution in [-0.4, -0.2) is 10.6 Å². The van der Waals surface area contributed by atoms with Gasteiger partial charge in [0.15, 0.2) is 0 Å². The van der Waals surface area contributed by atoms with E-state index in [2.05, 4.69) is 32.2 Å². The highest BCUT2D eigenvalue weighted by molar-refractivity contribution is 5.26. The molecule has 0 saturated heterocycles. The second-order valence-electron chi connectivity index (χ2n) is 6.10. The maximum Gasteiger partial charge on any atom is 0.255 e. The summed E-state index contributed by atoms with van der Waals surface area (Å²) in [7, 11) is 0. The van der Waals surface area contributed by atoms with Crippen LogP contribution in [0.1, 0.15) is 62.4 Å². The molecule has 1 aliphatic rings. The lowest BCUT2D eigenvalue weighted by Crippen LogP contribution is -2.33. The minimum atomic E-state index is 0.220. The van der Waals surface area contributed by atoms with Crippen LogP contribution in [0.15, 0.2) is 10.9 Å². The Morgan fingerprint density at radius 1 is 1.32 bits per heavy atom. The number of nitrogens with one attached hydrogen (secondary N) is 1. The molecule has 1 aromatic heterocycles. The standard InChI is InChI=1S/C16H26N2O/c1-11(2)17-10-15-12(3)9-13(4)18(16(15)19)14-7-5-6-8-14/h9,11,14,17H,5-8,10H2,1-4H3. The van der Waals surface area contributed by atoms with E-state index in [0.29, 0.717) is 18.6 Å². The lowest BCUT2D eigenvalue weighted by Gasteiger charge is -2.20. The number of nitrogens with zero attached hydrogens (tertiary/aromatic N) is 1. The Hall–Kier alpha value is -1.09. The third-order valence-electron chi connectivity index (χ3n) is 4.14. The molecular formula is C16H26N2O. The number of hydrogen-bond donors (Lipinski definition) is 1. The second-order valence-corrected chi connectivity index (χ2v) is 6.10. The first-order valence-corrected chi connectivity index (χ1v) is 7.45. The number of aryl methyl sites for hydroxylation is 2. The number of aromatic nitrogens is 1. The molecule has 3 nitrogen and oxygen atoms in total. The van der Waals surface area contributed by atoms with E-state index in [1.165, 1.54) is 12.8 Å². The van der Waals surface area contributed by atoms with Crippen molar-refractivity contribution in [2.75, 3.05) is 0 Å². The van der Waals surface area contributed by atoms with E-state index in [1.807, 2.05) is 11.5 Å². The highest BCUT2D eigenvalue weighted by Gasteiger charge is 2.21. The molecule has 1 N–H and O–H groups in total. The summed E-state index contributed by atoms with van der Waals surface area (Å²) in [4.78, 5) is 12.7. The van der Waals surface area contributed by atoms with Crippen molar-refractivity contribution in [1.29, 1.82) is 0 Å². The summed E-state index contributed by atoms with van der Waals surface area (Å²) in [6.45, 7) is 9.00. The summed E-state index contributed by atoms with van der Waals surface area (Å²) < 4.78 is 2.04. The first-order valence-electron chi connectivity index (χ1n) is 7.45. The fourth-order valence-electron chi connectivity index (χ4n) is 3.08.